The van der Waals surface area contributed by atoms with Crippen molar-refractivity contribution in [3.8, 4) is 0 Å². The molecule has 1 rings (SSSR count). The first-order valence-electron chi connectivity index (χ1n) is 7.23. The minimum absolute atomic E-state index is 0.136. The van der Waals surface area contributed by atoms with Crippen molar-refractivity contribution >= 4 is 10.0 Å². The Kier molecular flexibility index (Phi) is 6.80. The third-order valence-corrected chi connectivity index (χ3v) is 4.78. The van der Waals surface area contributed by atoms with Crippen molar-refractivity contribution < 1.29 is 8.42 Å². The number of hydrogen-bond donors (Lipinski definition) is 2. The van der Waals surface area contributed by atoms with Gasteiger partial charge in [-0.2, -0.15) is 0 Å². The van der Waals surface area contributed by atoms with Crippen LogP contribution in [0, 0.1) is 6.92 Å². The van der Waals surface area contributed by atoms with E-state index in [2.05, 4.69) is 10.0 Å². The minimum Gasteiger partial charge on any atom is -0.313 e. The zero-order valence-electron chi connectivity index (χ0n) is 13.6. The Labute approximate surface area is 128 Å². The van der Waals surface area contributed by atoms with Gasteiger partial charge in [0.1, 0.15) is 0 Å². The summed E-state index contributed by atoms with van der Waals surface area (Å²) in [6.07, 6.45) is 0. The fourth-order valence-corrected chi connectivity index (χ4v) is 3.47. The molecular weight excluding hydrogens is 286 g/mol. The summed E-state index contributed by atoms with van der Waals surface area (Å²) in [4.78, 5) is 2.28. The third kappa shape index (κ3) is 5.74. The molecule has 21 heavy (non-hydrogen) atoms. The molecular formula is C15H27N3O2S. The lowest BCUT2D eigenvalue weighted by atomic mass is 10.1. The summed E-state index contributed by atoms with van der Waals surface area (Å²) in [6.45, 7) is 8.08. The molecule has 0 aliphatic carbocycles. The van der Waals surface area contributed by atoms with Crippen LogP contribution < -0.4 is 10.0 Å². The van der Waals surface area contributed by atoms with Gasteiger partial charge < -0.3 is 10.2 Å². The van der Waals surface area contributed by atoms with Crippen molar-refractivity contribution in [3.63, 3.8) is 0 Å². The summed E-state index contributed by atoms with van der Waals surface area (Å²) in [5, 5.41) is 3.23. The van der Waals surface area contributed by atoms with Crippen LogP contribution in [-0.4, -0.2) is 46.5 Å². The molecule has 5 nitrogen and oxygen atoms in total. The van der Waals surface area contributed by atoms with E-state index in [9.17, 15) is 8.42 Å². The molecule has 0 aliphatic rings. The van der Waals surface area contributed by atoms with Crippen molar-refractivity contribution in [1.29, 1.82) is 0 Å². The maximum Gasteiger partial charge on any atom is 0.240 e. The molecule has 0 amide bonds. The van der Waals surface area contributed by atoms with E-state index in [1.807, 2.05) is 45.8 Å². The maximum atomic E-state index is 12.4. The molecule has 1 aromatic rings. The second-order valence-electron chi connectivity index (χ2n) is 5.65. The van der Waals surface area contributed by atoms with Crippen molar-refractivity contribution in [2.24, 2.45) is 0 Å². The van der Waals surface area contributed by atoms with Crippen LogP contribution in [0.5, 0.6) is 0 Å². The number of nitrogens with one attached hydrogen (secondary N) is 2. The topological polar surface area (TPSA) is 61.4 Å². The molecule has 0 saturated carbocycles. The first kappa shape index (κ1) is 18.1. The number of hydrogen-bond acceptors (Lipinski definition) is 4. The summed E-state index contributed by atoms with van der Waals surface area (Å²) in [5.41, 5.74) is 2.11. The number of nitrogens with zero attached hydrogens (tertiary/aromatic N) is 1. The van der Waals surface area contributed by atoms with E-state index in [1.165, 1.54) is 0 Å². The second kappa shape index (κ2) is 7.89. The maximum absolute atomic E-state index is 12.4. The SMILES string of the molecule is CCNCc1cc(S(=O)(=O)NC(C)CN(C)C)ccc1C. The Balaban J connectivity index is 2.92. The van der Waals surface area contributed by atoms with E-state index in [0.29, 0.717) is 18.0 Å². The molecule has 2 N–H and O–H groups in total. The van der Waals surface area contributed by atoms with Crippen LogP contribution >= 0.6 is 0 Å². The van der Waals surface area contributed by atoms with Gasteiger partial charge in [0.25, 0.3) is 0 Å². The Morgan fingerprint density at radius 3 is 2.52 bits per heavy atom. The van der Waals surface area contributed by atoms with Gasteiger partial charge >= 0.3 is 0 Å². The Hall–Kier alpha value is -0.950. The molecule has 0 saturated heterocycles. The highest BCUT2D eigenvalue weighted by Gasteiger charge is 2.18. The molecule has 1 atom stereocenters. The quantitative estimate of drug-likeness (QED) is 0.760. The standard InChI is InChI=1S/C15H27N3O2S/c1-6-16-10-14-9-15(8-7-12(14)2)21(19,20)17-13(3)11-18(4)5/h7-9,13,16-17H,6,10-11H2,1-5H3. The van der Waals surface area contributed by atoms with Crippen molar-refractivity contribution in [3.05, 3.63) is 29.3 Å². The number of aryl methyl sites for hydroxylation is 1. The Morgan fingerprint density at radius 2 is 1.95 bits per heavy atom. The molecule has 0 aromatic heterocycles. The molecule has 0 spiro atoms. The average Bonchev–Trinajstić information content (AvgIpc) is 2.35. The van der Waals surface area contributed by atoms with Gasteiger partial charge in [0, 0.05) is 19.1 Å². The molecule has 1 aromatic carbocycles. The van der Waals surface area contributed by atoms with E-state index < -0.39 is 10.0 Å². The fourth-order valence-electron chi connectivity index (χ4n) is 2.18. The molecule has 0 heterocycles. The van der Waals surface area contributed by atoms with Gasteiger partial charge in [0.05, 0.1) is 4.90 Å². The van der Waals surface area contributed by atoms with Gasteiger partial charge in [0.15, 0.2) is 0 Å². The van der Waals surface area contributed by atoms with Gasteiger partial charge in [-0.05, 0) is 57.7 Å². The highest BCUT2D eigenvalue weighted by Crippen LogP contribution is 2.16. The van der Waals surface area contributed by atoms with Crippen LogP contribution in [0.3, 0.4) is 0 Å². The molecule has 1 unspecified atom stereocenters. The van der Waals surface area contributed by atoms with E-state index in [1.54, 1.807) is 12.1 Å². The highest BCUT2D eigenvalue weighted by atomic mass is 32.2. The van der Waals surface area contributed by atoms with E-state index in [-0.39, 0.29) is 6.04 Å². The average molecular weight is 313 g/mol. The van der Waals surface area contributed by atoms with Gasteiger partial charge in [-0.15, -0.1) is 0 Å². The van der Waals surface area contributed by atoms with Gasteiger partial charge in [0.2, 0.25) is 10.0 Å². The van der Waals surface area contributed by atoms with Gasteiger partial charge in [-0.25, -0.2) is 13.1 Å². The van der Waals surface area contributed by atoms with Crippen LogP contribution in [0.25, 0.3) is 0 Å². The molecule has 0 bridgehead atoms. The lowest BCUT2D eigenvalue weighted by Gasteiger charge is -2.19. The van der Waals surface area contributed by atoms with Gasteiger partial charge in [-0.3, -0.25) is 0 Å². The monoisotopic (exact) mass is 313 g/mol. The third-order valence-electron chi connectivity index (χ3n) is 3.19. The minimum atomic E-state index is -3.47. The van der Waals surface area contributed by atoms with Crippen LogP contribution in [-0.2, 0) is 16.6 Å². The van der Waals surface area contributed by atoms with Crippen molar-refractivity contribution in [2.45, 2.75) is 38.3 Å². The highest BCUT2D eigenvalue weighted by molar-refractivity contribution is 7.89. The van der Waals surface area contributed by atoms with E-state index in [0.717, 1.165) is 17.7 Å². The predicted molar refractivity (Wildman–Crippen MR) is 86.9 cm³/mol. The molecule has 0 radical (unpaired) electrons. The molecule has 120 valence electrons. The number of rotatable bonds is 8. The number of benzene rings is 1. The smallest absolute Gasteiger partial charge is 0.240 e. The lowest BCUT2D eigenvalue weighted by Crippen LogP contribution is -2.39. The largest absolute Gasteiger partial charge is 0.313 e. The normalized spacial score (nSPS) is 13.6. The first-order valence-corrected chi connectivity index (χ1v) is 8.72. The predicted octanol–water partition coefficient (Wildman–Crippen LogP) is 1.33. The summed E-state index contributed by atoms with van der Waals surface area (Å²) in [5.74, 6) is 0. The van der Waals surface area contributed by atoms with Crippen molar-refractivity contribution in [2.75, 3.05) is 27.2 Å². The van der Waals surface area contributed by atoms with E-state index in [4.69, 9.17) is 0 Å². The number of sulfonamides is 1. The first-order chi connectivity index (χ1) is 9.76. The van der Waals surface area contributed by atoms with Crippen molar-refractivity contribution in [1.82, 2.24) is 14.9 Å². The summed E-state index contributed by atoms with van der Waals surface area (Å²) in [6, 6.07) is 5.14. The zero-order valence-corrected chi connectivity index (χ0v) is 14.4. The fraction of sp³-hybridized carbons (Fsp3) is 0.600. The van der Waals surface area contributed by atoms with Crippen LogP contribution in [0.15, 0.2) is 23.1 Å². The summed E-state index contributed by atoms with van der Waals surface area (Å²) >= 11 is 0. The summed E-state index contributed by atoms with van der Waals surface area (Å²) in [7, 11) is 0.370. The van der Waals surface area contributed by atoms with Crippen LogP contribution in [0.1, 0.15) is 25.0 Å². The summed E-state index contributed by atoms with van der Waals surface area (Å²) < 4.78 is 27.5. The molecule has 0 aliphatic heterocycles. The second-order valence-corrected chi connectivity index (χ2v) is 7.37. The Bertz CT molecular complexity index is 556. The number of likely N-dealkylation sites (N-methyl/N-ethyl adjacent to an activating group) is 1. The lowest BCUT2D eigenvalue weighted by molar-refractivity contribution is 0.370. The van der Waals surface area contributed by atoms with E-state index >= 15 is 0 Å². The van der Waals surface area contributed by atoms with Gasteiger partial charge in [-0.1, -0.05) is 13.0 Å². The zero-order chi connectivity index (χ0) is 16.0. The van der Waals surface area contributed by atoms with Crippen LogP contribution in [0.2, 0.25) is 0 Å². The molecule has 6 heteroatoms. The molecule has 0 fully saturated rings. The van der Waals surface area contributed by atoms with Crippen LogP contribution in [0.4, 0.5) is 0 Å². The Morgan fingerprint density at radius 1 is 1.29 bits per heavy atom.